The van der Waals surface area contributed by atoms with Crippen LogP contribution in [0.5, 0.6) is 5.75 Å². The lowest BCUT2D eigenvalue weighted by Crippen LogP contribution is -2.34. The minimum absolute atomic E-state index is 0.563. The first-order chi connectivity index (χ1) is 9.78. The van der Waals surface area contributed by atoms with Crippen LogP contribution in [-0.4, -0.2) is 38.2 Å². The van der Waals surface area contributed by atoms with E-state index in [0.717, 1.165) is 24.8 Å². The molecule has 0 amide bonds. The zero-order valence-electron chi connectivity index (χ0n) is 12.5. The van der Waals surface area contributed by atoms with E-state index in [0.29, 0.717) is 6.61 Å². The molecule has 1 aromatic rings. The lowest BCUT2D eigenvalue weighted by molar-refractivity contribution is 0.216. The van der Waals surface area contributed by atoms with Gasteiger partial charge in [0.15, 0.2) is 0 Å². The Morgan fingerprint density at radius 1 is 1.30 bits per heavy atom. The number of hydrogen-bond donors (Lipinski definition) is 1. The lowest BCUT2D eigenvalue weighted by Gasteiger charge is -2.29. The molecule has 110 valence electrons. The topological polar surface area (TPSA) is 24.5 Å². The predicted octanol–water partition coefficient (Wildman–Crippen LogP) is 2.68. The third-order valence-corrected chi connectivity index (χ3v) is 3.89. The molecule has 1 aliphatic heterocycles. The van der Waals surface area contributed by atoms with Gasteiger partial charge in [-0.25, -0.2) is 0 Å². The minimum atomic E-state index is 0.563. The Morgan fingerprint density at radius 2 is 2.00 bits per heavy atom. The summed E-state index contributed by atoms with van der Waals surface area (Å²) in [7, 11) is 2.21. The van der Waals surface area contributed by atoms with Crippen molar-refractivity contribution in [2.75, 3.05) is 33.3 Å². The summed E-state index contributed by atoms with van der Waals surface area (Å²) >= 11 is 0. The van der Waals surface area contributed by atoms with Crippen molar-refractivity contribution < 1.29 is 4.74 Å². The molecule has 1 fully saturated rings. The highest BCUT2D eigenvalue weighted by Gasteiger charge is 2.15. The van der Waals surface area contributed by atoms with Crippen molar-refractivity contribution in [3.05, 3.63) is 42.5 Å². The molecule has 0 bridgehead atoms. The van der Waals surface area contributed by atoms with Crippen molar-refractivity contribution in [2.45, 2.75) is 19.4 Å². The van der Waals surface area contributed by atoms with Gasteiger partial charge in [-0.1, -0.05) is 24.8 Å². The monoisotopic (exact) mass is 274 g/mol. The van der Waals surface area contributed by atoms with E-state index >= 15 is 0 Å². The Kier molecular flexibility index (Phi) is 6.09. The van der Waals surface area contributed by atoms with Crippen molar-refractivity contribution in [1.82, 2.24) is 10.2 Å². The van der Waals surface area contributed by atoms with E-state index < -0.39 is 0 Å². The molecule has 2 rings (SSSR count). The molecule has 0 saturated carbocycles. The second-order valence-corrected chi connectivity index (χ2v) is 5.62. The fourth-order valence-electron chi connectivity index (χ4n) is 2.55. The number of rotatable bonds is 7. The highest BCUT2D eigenvalue weighted by atomic mass is 16.5. The van der Waals surface area contributed by atoms with Crippen LogP contribution in [-0.2, 0) is 6.54 Å². The van der Waals surface area contributed by atoms with E-state index in [9.17, 15) is 0 Å². The van der Waals surface area contributed by atoms with Gasteiger partial charge < -0.3 is 15.0 Å². The van der Waals surface area contributed by atoms with Crippen molar-refractivity contribution >= 4 is 0 Å². The van der Waals surface area contributed by atoms with E-state index in [-0.39, 0.29) is 0 Å². The number of hydrogen-bond acceptors (Lipinski definition) is 3. The van der Waals surface area contributed by atoms with Crippen LogP contribution < -0.4 is 10.1 Å². The standard InChI is InChI=1S/C17H26N2O/c1-3-12-20-17-6-4-15(5-7-17)13-18-14-16-8-10-19(2)11-9-16/h3-7,16,18H,1,8-14H2,2H3. The average molecular weight is 274 g/mol. The van der Waals surface area contributed by atoms with E-state index in [1.54, 1.807) is 6.08 Å². The Balaban J connectivity index is 1.67. The van der Waals surface area contributed by atoms with Gasteiger partial charge in [0, 0.05) is 6.54 Å². The zero-order valence-corrected chi connectivity index (χ0v) is 12.5. The molecule has 0 unspecified atom stereocenters. The van der Waals surface area contributed by atoms with Crippen molar-refractivity contribution in [3.8, 4) is 5.75 Å². The third kappa shape index (κ3) is 4.99. The van der Waals surface area contributed by atoms with Crippen LogP contribution in [0.15, 0.2) is 36.9 Å². The maximum Gasteiger partial charge on any atom is 0.119 e. The van der Waals surface area contributed by atoms with Gasteiger partial charge in [-0.05, 0) is 63.1 Å². The Bertz CT molecular complexity index is 394. The summed E-state index contributed by atoms with van der Waals surface area (Å²) in [6, 6.07) is 8.30. The average Bonchev–Trinajstić information content (AvgIpc) is 2.48. The number of piperidine rings is 1. The maximum atomic E-state index is 5.48. The number of nitrogens with one attached hydrogen (secondary N) is 1. The summed E-state index contributed by atoms with van der Waals surface area (Å²) in [5, 5.41) is 3.57. The molecule has 1 heterocycles. The maximum absolute atomic E-state index is 5.48. The van der Waals surface area contributed by atoms with Gasteiger partial charge in [0.05, 0.1) is 0 Å². The third-order valence-electron chi connectivity index (χ3n) is 3.89. The zero-order chi connectivity index (χ0) is 14.2. The van der Waals surface area contributed by atoms with Crippen LogP contribution in [0.1, 0.15) is 18.4 Å². The van der Waals surface area contributed by atoms with Crippen molar-refractivity contribution in [3.63, 3.8) is 0 Å². The summed E-state index contributed by atoms with van der Waals surface area (Å²) < 4.78 is 5.48. The van der Waals surface area contributed by atoms with Crippen LogP contribution in [0.4, 0.5) is 0 Å². The van der Waals surface area contributed by atoms with E-state index in [4.69, 9.17) is 4.74 Å². The Labute approximate surface area is 122 Å². The first-order valence-electron chi connectivity index (χ1n) is 7.50. The largest absolute Gasteiger partial charge is 0.490 e. The molecule has 3 heteroatoms. The summed E-state index contributed by atoms with van der Waals surface area (Å²) in [6.45, 7) is 8.75. The second-order valence-electron chi connectivity index (χ2n) is 5.62. The van der Waals surface area contributed by atoms with Crippen LogP contribution in [0.25, 0.3) is 0 Å². The predicted molar refractivity (Wildman–Crippen MR) is 84.1 cm³/mol. The molecule has 1 saturated heterocycles. The molecule has 3 nitrogen and oxygen atoms in total. The van der Waals surface area contributed by atoms with Crippen molar-refractivity contribution in [1.29, 1.82) is 0 Å². The van der Waals surface area contributed by atoms with Crippen LogP contribution in [0.2, 0.25) is 0 Å². The van der Waals surface area contributed by atoms with Gasteiger partial charge in [-0.2, -0.15) is 0 Å². The molecule has 1 aromatic carbocycles. The summed E-state index contributed by atoms with van der Waals surface area (Å²) in [5.41, 5.74) is 1.31. The molecular formula is C17H26N2O. The molecule has 0 aromatic heterocycles. The normalized spacial score (nSPS) is 17.1. The molecule has 1 N–H and O–H groups in total. The Hall–Kier alpha value is -1.32. The minimum Gasteiger partial charge on any atom is -0.490 e. The Morgan fingerprint density at radius 3 is 2.65 bits per heavy atom. The van der Waals surface area contributed by atoms with Crippen LogP contribution in [0.3, 0.4) is 0 Å². The fourth-order valence-corrected chi connectivity index (χ4v) is 2.55. The van der Waals surface area contributed by atoms with Crippen molar-refractivity contribution in [2.24, 2.45) is 5.92 Å². The lowest BCUT2D eigenvalue weighted by atomic mass is 9.97. The molecule has 0 spiro atoms. The first-order valence-corrected chi connectivity index (χ1v) is 7.50. The number of ether oxygens (including phenoxy) is 1. The molecule has 1 aliphatic rings. The summed E-state index contributed by atoms with van der Waals surface area (Å²) in [6.07, 6.45) is 4.40. The number of benzene rings is 1. The van der Waals surface area contributed by atoms with E-state index in [2.05, 4.69) is 36.0 Å². The van der Waals surface area contributed by atoms with Gasteiger partial charge >= 0.3 is 0 Å². The summed E-state index contributed by atoms with van der Waals surface area (Å²) in [5.74, 6) is 1.74. The highest BCUT2D eigenvalue weighted by molar-refractivity contribution is 5.27. The summed E-state index contributed by atoms with van der Waals surface area (Å²) in [4.78, 5) is 2.42. The molecular weight excluding hydrogens is 248 g/mol. The molecule has 0 aliphatic carbocycles. The SMILES string of the molecule is C=CCOc1ccc(CNCC2CCN(C)CC2)cc1. The quantitative estimate of drug-likeness (QED) is 0.774. The molecule has 0 atom stereocenters. The van der Waals surface area contributed by atoms with E-state index in [1.807, 2.05) is 12.1 Å². The fraction of sp³-hybridized carbons (Fsp3) is 0.529. The van der Waals surface area contributed by atoms with Crippen LogP contribution in [0, 0.1) is 5.92 Å². The van der Waals surface area contributed by atoms with Gasteiger partial charge in [-0.15, -0.1) is 0 Å². The first kappa shape index (κ1) is 15.1. The highest BCUT2D eigenvalue weighted by Crippen LogP contribution is 2.15. The van der Waals surface area contributed by atoms with Gasteiger partial charge in [0.2, 0.25) is 0 Å². The van der Waals surface area contributed by atoms with Gasteiger partial charge in [0.1, 0.15) is 12.4 Å². The van der Waals surface area contributed by atoms with Crippen LogP contribution >= 0.6 is 0 Å². The molecule has 20 heavy (non-hydrogen) atoms. The van der Waals surface area contributed by atoms with E-state index in [1.165, 1.54) is 31.5 Å². The van der Waals surface area contributed by atoms with Gasteiger partial charge in [0.25, 0.3) is 0 Å². The smallest absolute Gasteiger partial charge is 0.119 e. The molecule has 0 radical (unpaired) electrons. The number of likely N-dealkylation sites (tertiary alicyclic amines) is 1. The number of nitrogens with zero attached hydrogens (tertiary/aromatic N) is 1. The second kappa shape index (κ2) is 8.08. The van der Waals surface area contributed by atoms with Gasteiger partial charge in [-0.3, -0.25) is 0 Å².